The molecule has 1 unspecified atom stereocenters. The van der Waals surface area contributed by atoms with Crippen LogP contribution in [-0.4, -0.2) is 22.3 Å². The minimum atomic E-state index is -1.14. The van der Waals surface area contributed by atoms with E-state index in [0.29, 0.717) is 11.8 Å². The molecule has 0 saturated carbocycles. The van der Waals surface area contributed by atoms with Gasteiger partial charge >= 0.3 is 5.97 Å². The molecule has 3 N–H and O–H groups in total. The number of carbonyl (C=O) groups is 2. The fourth-order valence-electron chi connectivity index (χ4n) is 0.866. The van der Waals surface area contributed by atoms with E-state index in [2.05, 4.69) is 4.98 Å². The van der Waals surface area contributed by atoms with Gasteiger partial charge in [0.25, 0.3) is 0 Å². The van der Waals surface area contributed by atoms with Crippen LogP contribution in [0.5, 0.6) is 0 Å². The molecule has 0 aliphatic heterocycles. The van der Waals surface area contributed by atoms with Gasteiger partial charge in [-0.05, 0) is 17.7 Å². The Labute approximate surface area is 74.2 Å². The van der Waals surface area contributed by atoms with Crippen molar-refractivity contribution >= 4 is 12.3 Å². The molecule has 0 saturated heterocycles. The van der Waals surface area contributed by atoms with E-state index in [-0.39, 0.29) is 5.69 Å². The predicted molar refractivity (Wildman–Crippen MR) is 44.2 cm³/mol. The molecular formula is C8H8N2O3. The highest BCUT2D eigenvalue weighted by molar-refractivity contribution is 5.77. The average molecular weight is 180 g/mol. The molecule has 1 heterocycles. The fourth-order valence-corrected chi connectivity index (χ4v) is 0.866. The van der Waals surface area contributed by atoms with E-state index in [4.69, 9.17) is 10.8 Å². The minimum Gasteiger partial charge on any atom is -0.480 e. The first-order valence-electron chi connectivity index (χ1n) is 3.54. The van der Waals surface area contributed by atoms with Crippen molar-refractivity contribution in [1.82, 2.24) is 4.98 Å². The lowest BCUT2D eigenvalue weighted by molar-refractivity contribution is -0.138. The second-order valence-corrected chi connectivity index (χ2v) is 2.45. The second kappa shape index (κ2) is 3.77. The van der Waals surface area contributed by atoms with E-state index in [1.807, 2.05) is 0 Å². The summed E-state index contributed by atoms with van der Waals surface area (Å²) in [5, 5.41) is 8.57. The number of carboxylic acid groups (broad SMARTS) is 1. The van der Waals surface area contributed by atoms with Crippen molar-refractivity contribution in [3.63, 3.8) is 0 Å². The number of aromatic nitrogens is 1. The third-order valence-electron chi connectivity index (χ3n) is 1.55. The van der Waals surface area contributed by atoms with Crippen LogP contribution in [0.4, 0.5) is 0 Å². The van der Waals surface area contributed by atoms with Crippen molar-refractivity contribution < 1.29 is 14.7 Å². The van der Waals surface area contributed by atoms with Crippen molar-refractivity contribution in [2.24, 2.45) is 5.73 Å². The molecule has 13 heavy (non-hydrogen) atoms. The lowest BCUT2D eigenvalue weighted by Gasteiger charge is -2.05. The predicted octanol–water partition coefficient (Wildman–Crippen LogP) is -0.0215. The monoisotopic (exact) mass is 180 g/mol. The van der Waals surface area contributed by atoms with Gasteiger partial charge in [-0.3, -0.25) is 14.6 Å². The zero-order valence-corrected chi connectivity index (χ0v) is 6.68. The summed E-state index contributed by atoms with van der Waals surface area (Å²) in [6.07, 6.45) is 1.89. The molecule has 0 bridgehead atoms. The quantitative estimate of drug-likeness (QED) is 0.637. The third kappa shape index (κ3) is 2.09. The Bertz CT molecular complexity index is 338. The summed E-state index contributed by atoms with van der Waals surface area (Å²) < 4.78 is 0. The van der Waals surface area contributed by atoms with Crippen molar-refractivity contribution in [2.75, 3.05) is 0 Å². The van der Waals surface area contributed by atoms with Gasteiger partial charge in [-0.25, -0.2) is 0 Å². The SMILES string of the molecule is NC(C(=O)O)c1ccnc(C=O)c1. The highest BCUT2D eigenvalue weighted by Gasteiger charge is 2.14. The Morgan fingerprint density at radius 3 is 2.92 bits per heavy atom. The summed E-state index contributed by atoms with van der Waals surface area (Å²) >= 11 is 0. The van der Waals surface area contributed by atoms with Crippen LogP contribution >= 0.6 is 0 Å². The largest absolute Gasteiger partial charge is 0.480 e. The van der Waals surface area contributed by atoms with Crippen molar-refractivity contribution in [1.29, 1.82) is 0 Å². The number of nitrogens with two attached hydrogens (primary N) is 1. The molecule has 0 aromatic carbocycles. The van der Waals surface area contributed by atoms with E-state index < -0.39 is 12.0 Å². The van der Waals surface area contributed by atoms with Gasteiger partial charge in [-0.1, -0.05) is 0 Å². The summed E-state index contributed by atoms with van der Waals surface area (Å²) in [4.78, 5) is 24.4. The Balaban J connectivity index is 3.01. The topological polar surface area (TPSA) is 93.3 Å². The standard InChI is InChI=1S/C8H8N2O3/c9-7(8(12)13)5-1-2-10-6(3-5)4-11/h1-4,7H,9H2,(H,12,13). The van der Waals surface area contributed by atoms with Gasteiger partial charge in [0, 0.05) is 6.20 Å². The summed E-state index contributed by atoms with van der Waals surface area (Å²) in [5.41, 5.74) is 5.86. The van der Waals surface area contributed by atoms with Crippen LogP contribution in [0.25, 0.3) is 0 Å². The van der Waals surface area contributed by atoms with Crippen LogP contribution in [0.2, 0.25) is 0 Å². The van der Waals surface area contributed by atoms with Gasteiger partial charge in [-0.15, -0.1) is 0 Å². The molecule has 5 nitrogen and oxygen atoms in total. The zero-order valence-electron chi connectivity index (χ0n) is 6.68. The summed E-state index contributed by atoms with van der Waals surface area (Å²) in [6.45, 7) is 0. The molecule has 0 amide bonds. The van der Waals surface area contributed by atoms with E-state index >= 15 is 0 Å². The van der Waals surface area contributed by atoms with Crippen LogP contribution in [-0.2, 0) is 4.79 Å². The molecule has 0 spiro atoms. The first kappa shape index (κ1) is 9.34. The molecule has 0 fully saturated rings. The van der Waals surface area contributed by atoms with E-state index in [1.54, 1.807) is 0 Å². The van der Waals surface area contributed by atoms with Gasteiger partial charge < -0.3 is 10.8 Å². The fraction of sp³-hybridized carbons (Fsp3) is 0.125. The number of hydrogen-bond donors (Lipinski definition) is 2. The minimum absolute atomic E-state index is 0.175. The second-order valence-electron chi connectivity index (χ2n) is 2.45. The first-order valence-corrected chi connectivity index (χ1v) is 3.54. The first-order chi connectivity index (χ1) is 6.15. The molecular weight excluding hydrogens is 172 g/mol. The molecule has 1 aromatic heterocycles. The number of nitrogens with zero attached hydrogens (tertiary/aromatic N) is 1. The average Bonchev–Trinajstić information content (AvgIpc) is 2.16. The zero-order chi connectivity index (χ0) is 9.84. The van der Waals surface area contributed by atoms with Gasteiger partial charge in [0.1, 0.15) is 11.7 Å². The highest BCUT2D eigenvalue weighted by Crippen LogP contribution is 2.09. The number of carbonyl (C=O) groups excluding carboxylic acids is 1. The summed E-state index contributed by atoms with van der Waals surface area (Å²) in [7, 11) is 0. The number of carboxylic acids is 1. The lowest BCUT2D eigenvalue weighted by Crippen LogP contribution is -2.20. The number of aliphatic carboxylic acids is 1. The summed E-state index contributed by atoms with van der Waals surface area (Å²) in [6, 6.07) is 1.71. The van der Waals surface area contributed by atoms with Crippen LogP contribution < -0.4 is 5.73 Å². The van der Waals surface area contributed by atoms with Gasteiger partial charge in [0.15, 0.2) is 6.29 Å². The van der Waals surface area contributed by atoms with Crippen molar-refractivity contribution in [3.05, 3.63) is 29.6 Å². The molecule has 0 aliphatic carbocycles. The maximum Gasteiger partial charge on any atom is 0.325 e. The molecule has 1 rings (SSSR count). The molecule has 5 heteroatoms. The van der Waals surface area contributed by atoms with Crippen molar-refractivity contribution in [3.8, 4) is 0 Å². The van der Waals surface area contributed by atoms with Crippen LogP contribution in [0.3, 0.4) is 0 Å². The normalized spacial score (nSPS) is 12.1. The summed E-state index contributed by atoms with van der Waals surface area (Å²) in [5.74, 6) is -1.14. The molecule has 0 radical (unpaired) electrons. The van der Waals surface area contributed by atoms with E-state index in [0.717, 1.165) is 0 Å². The molecule has 68 valence electrons. The number of pyridine rings is 1. The molecule has 0 aliphatic rings. The van der Waals surface area contributed by atoms with Gasteiger partial charge in [0.2, 0.25) is 0 Å². The number of hydrogen-bond acceptors (Lipinski definition) is 4. The number of rotatable bonds is 3. The lowest BCUT2D eigenvalue weighted by atomic mass is 10.1. The van der Waals surface area contributed by atoms with E-state index in [1.165, 1.54) is 18.3 Å². The Morgan fingerprint density at radius 1 is 1.69 bits per heavy atom. The molecule has 1 atom stereocenters. The Hall–Kier alpha value is -1.75. The Kier molecular flexibility index (Phi) is 2.71. The smallest absolute Gasteiger partial charge is 0.325 e. The van der Waals surface area contributed by atoms with Crippen LogP contribution in [0.15, 0.2) is 18.3 Å². The van der Waals surface area contributed by atoms with Gasteiger partial charge in [-0.2, -0.15) is 0 Å². The van der Waals surface area contributed by atoms with E-state index in [9.17, 15) is 9.59 Å². The van der Waals surface area contributed by atoms with Gasteiger partial charge in [0.05, 0.1) is 0 Å². The third-order valence-corrected chi connectivity index (χ3v) is 1.55. The maximum atomic E-state index is 10.5. The molecule has 1 aromatic rings. The van der Waals surface area contributed by atoms with Crippen LogP contribution in [0.1, 0.15) is 22.1 Å². The van der Waals surface area contributed by atoms with Crippen LogP contribution in [0, 0.1) is 0 Å². The highest BCUT2D eigenvalue weighted by atomic mass is 16.4. The number of aldehydes is 1. The maximum absolute atomic E-state index is 10.5. The van der Waals surface area contributed by atoms with Crippen molar-refractivity contribution in [2.45, 2.75) is 6.04 Å². The Morgan fingerprint density at radius 2 is 2.38 bits per heavy atom.